The van der Waals surface area contributed by atoms with Gasteiger partial charge in [0.2, 0.25) is 11.8 Å². The lowest BCUT2D eigenvalue weighted by Gasteiger charge is -2.28. The summed E-state index contributed by atoms with van der Waals surface area (Å²) in [7, 11) is 0. The molecule has 1 saturated carbocycles. The summed E-state index contributed by atoms with van der Waals surface area (Å²) in [6, 6.07) is 18.6. The number of hydrogen-bond acceptors (Lipinski definition) is 2. The van der Waals surface area contributed by atoms with Gasteiger partial charge in [-0.1, -0.05) is 74.2 Å². The summed E-state index contributed by atoms with van der Waals surface area (Å²) in [5, 5.41) is 0. The van der Waals surface area contributed by atoms with Crippen molar-refractivity contribution >= 4 is 11.8 Å². The van der Waals surface area contributed by atoms with Gasteiger partial charge in [-0.25, -0.2) is 0 Å². The van der Waals surface area contributed by atoms with Crippen LogP contribution in [-0.4, -0.2) is 39.3 Å². The molecule has 0 unspecified atom stereocenters. The molecule has 1 aliphatic carbocycles. The molecule has 0 spiro atoms. The molecule has 8 heteroatoms. The van der Waals surface area contributed by atoms with Crippen molar-refractivity contribution in [1.29, 1.82) is 0 Å². The fourth-order valence-electron chi connectivity index (χ4n) is 5.48. The molecular weight excluding hydrogens is 527 g/mol. The predicted octanol–water partition coefficient (Wildman–Crippen LogP) is 7.07. The molecule has 218 valence electrons. The van der Waals surface area contributed by atoms with Crippen LogP contribution in [-0.2, 0) is 35.4 Å². The van der Waals surface area contributed by atoms with Gasteiger partial charge >= 0.3 is 6.18 Å². The molecule has 1 aromatic heterocycles. The Morgan fingerprint density at radius 1 is 0.902 bits per heavy atom. The number of benzene rings is 2. The SMILES string of the molecule is C=CCN(CC(=O)N(Cc1ccccc1)Cc1cccn1Cc1cccc(C(F)(F)F)c1)C(=O)CCC1CCCC1. The van der Waals surface area contributed by atoms with Gasteiger partial charge in [0.05, 0.1) is 12.1 Å². The highest BCUT2D eigenvalue weighted by atomic mass is 19.4. The highest BCUT2D eigenvalue weighted by Crippen LogP contribution is 2.30. The average Bonchev–Trinajstić information content (AvgIpc) is 3.64. The Labute approximate surface area is 240 Å². The summed E-state index contributed by atoms with van der Waals surface area (Å²) in [6.45, 7) is 4.84. The molecule has 0 radical (unpaired) electrons. The maximum Gasteiger partial charge on any atom is 0.416 e. The van der Waals surface area contributed by atoms with Gasteiger partial charge in [0.25, 0.3) is 0 Å². The smallest absolute Gasteiger partial charge is 0.345 e. The lowest BCUT2D eigenvalue weighted by atomic mass is 10.0. The molecular formula is C33H38F3N3O2. The van der Waals surface area contributed by atoms with Crippen LogP contribution in [0.25, 0.3) is 0 Å². The van der Waals surface area contributed by atoms with Crippen molar-refractivity contribution in [3.05, 3.63) is 108 Å². The van der Waals surface area contributed by atoms with Crippen LogP contribution in [0.1, 0.15) is 60.9 Å². The number of hydrogen-bond donors (Lipinski definition) is 0. The van der Waals surface area contributed by atoms with E-state index in [2.05, 4.69) is 6.58 Å². The Hall–Kier alpha value is -3.81. The quantitative estimate of drug-likeness (QED) is 0.208. The van der Waals surface area contributed by atoms with Crippen LogP contribution in [0.3, 0.4) is 0 Å². The van der Waals surface area contributed by atoms with E-state index in [4.69, 9.17) is 0 Å². The summed E-state index contributed by atoms with van der Waals surface area (Å²) in [5.41, 5.74) is 1.56. The fourth-order valence-corrected chi connectivity index (χ4v) is 5.48. The highest BCUT2D eigenvalue weighted by molar-refractivity contribution is 5.85. The molecule has 0 saturated heterocycles. The van der Waals surface area contributed by atoms with Crippen LogP contribution in [0.2, 0.25) is 0 Å². The van der Waals surface area contributed by atoms with Gasteiger partial charge in [-0.3, -0.25) is 9.59 Å². The van der Waals surface area contributed by atoms with E-state index in [1.165, 1.54) is 31.7 Å². The summed E-state index contributed by atoms with van der Waals surface area (Å²) in [6.07, 6.45) is 5.06. The van der Waals surface area contributed by atoms with Crippen molar-refractivity contribution in [3.63, 3.8) is 0 Å². The zero-order valence-corrected chi connectivity index (χ0v) is 23.4. The van der Waals surface area contributed by atoms with Crippen LogP contribution in [0.4, 0.5) is 13.2 Å². The number of halogens is 3. The number of rotatable bonds is 13. The second kappa shape index (κ2) is 14.2. The summed E-state index contributed by atoms with van der Waals surface area (Å²) in [5.74, 6) is 0.342. The second-order valence-electron chi connectivity index (χ2n) is 10.8. The number of aromatic nitrogens is 1. The molecule has 0 bridgehead atoms. The van der Waals surface area contributed by atoms with E-state index in [9.17, 15) is 22.8 Å². The predicted molar refractivity (Wildman–Crippen MR) is 154 cm³/mol. The Morgan fingerprint density at radius 2 is 1.63 bits per heavy atom. The Bertz CT molecular complexity index is 1300. The van der Waals surface area contributed by atoms with E-state index in [-0.39, 0.29) is 31.4 Å². The minimum absolute atomic E-state index is 0.0438. The van der Waals surface area contributed by atoms with E-state index < -0.39 is 11.7 Å². The van der Waals surface area contributed by atoms with E-state index in [1.54, 1.807) is 28.1 Å². The van der Waals surface area contributed by atoms with Crippen molar-refractivity contribution in [2.75, 3.05) is 13.1 Å². The van der Waals surface area contributed by atoms with Crippen LogP contribution >= 0.6 is 0 Å². The number of alkyl halides is 3. The molecule has 2 aromatic carbocycles. The first-order chi connectivity index (χ1) is 19.7. The third-order valence-electron chi connectivity index (χ3n) is 7.72. The number of nitrogens with zero attached hydrogens (tertiary/aromatic N) is 3. The Kier molecular flexibility index (Phi) is 10.4. The van der Waals surface area contributed by atoms with Gasteiger partial charge in [-0.15, -0.1) is 6.58 Å². The topological polar surface area (TPSA) is 45.6 Å². The normalized spacial score (nSPS) is 13.7. The van der Waals surface area contributed by atoms with E-state index in [0.29, 0.717) is 31.0 Å². The molecule has 1 aliphatic rings. The minimum Gasteiger partial charge on any atom is -0.345 e. The van der Waals surface area contributed by atoms with Gasteiger partial charge < -0.3 is 14.4 Å². The maximum atomic E-state index is 13.7. The first-order valence-corrected chi connectivity index (χ1v) is 14.2. The molecule has 0 aliphatic heterocycles. The van der Waals surface area contributed by atoms with Gasteiger partial charge in [-0.2, -0.15) is 13.2 Å². The number of carbonyl (C=O) groups is 2. The van der Waals surface area contributed by atoms with Crippen molar-refractivity contribution in [1.82, 2.24) is 14.4 Å². The summed E-state index contributed by atoms with van der Waals surface area (Å²) in [4.78, 5) is 30.1. The molecule has 5 nitrogen and oxygen atoms in total. The summed E-state index contributed by atoms with van der Waals surface area (Å²) < 4.78 is 41.6. The average molecular weight is 566 g/mol. The van der Waals surface area contributed by atoms with E-state index in [1.807, 2.05) is 47.0 Å². The van der Waals surface area contributed by atoms with Crippen molar-refractivity contribution < 1.29 is 22.8 Å². The standard InChI is InChI=1S/C33H38F3N3O2/c1-2-19-38(31(40)18-17-26-10-6-7-11-26)25-32(41)39(22-27-12-4-3-5-13-27)24-30-16-9-20-37(30)23-28-14-8-15-29(21-28)33(34,35)36/h2-5,8-9,12-16,20-21,26H,1,6-7,10-11,17-19,22-25H2. The molecule has 2 amide bonds. The van der Waals surface area contributed by atoms with E-state index in [0.717, 1.165) is 29.8 Å². The molecule has 4 rings (SSSR count). The third kappa shape index (κ3) is 8.84. The van der Waals surface area contributed by atoms with Crippen LogP contribution in [0.5, 0.6) is 0 Å². The fraction of sp³-hybridized carbons (Fsp3) is 0.394. The first kappa shape index (κ1) is 30.2. The molecule has 1 heterocycles. The number of amides is 2. The van der Waals surface area contributed by atoms with Crippen molar-refractivity contribution in [2.45, 2.75) is 64.3 Å². The van der Waals surface area contributed by atoms with Gasteiger partial charge in [0.1, 0.15) is 6.54 Å². The maximum absolute atomic E-state index is 13.7. The summed E-state index contributed by atoms with van der Waals surface area (Å²) >= 11 is 0. The Balaban J connectivity index is 1.49. The minimum atomic E-state index is -4.42. The number of carbonyl (C=O) groups excluding carboxylic acids is 2. The van der Waals surface area contributed by atoms with Gasteiger partial charge in [0, 0.05) is 37.9 Å². The molecule has 41 heavy (non-hydrogen) atoms. The monoisotopic (exact) mass is 565 g/mol. The van der Waals surface area contributed by atoms with Crippen molar-refractivity contribution in [2.24, 2.45) is 5.92 Å². The van der Waals surface area contributed by atoms with Crippen LogP contribution < -0.4 is 0 Å². The second-order valence-corrected chi connectivity index (χ2v) is 10.8. The highest BCUT2D eigenvalue weighted by Gasteiger charge is 2.30. The van der Waals surface area contributed by atoms with Gasteiger partial charge in [-0.05, 0) is 47.7 Å². The van der Waals surface area contributed by atoms with Crippen molar-refractivity contribution in [3.8, 4) is 0 Å². The first-order valence-electron chi connectivity index (χ1n) is 14.2. The van der Waals surface area contributed by atoms with Gasteiger partial charge in [0.15, 0.2) is 0 Å². The molecule has 0 atom stereocenters. The molecule has 3 aromatic rings. The van der Waals surface area contributed by atoms with Crippen LogP contribution in [0, 0.1) is 5.92 Å². The van der Waals surface area contributed by atoms with Crippen LogP contribution in [0.15, 0.2) is 85.6 Å². The molecule has 1 fully saturated rings. The largest absolute Gasteiger partial charge is 0.416 e. The lowest BCUT2D eigenvalue weighted by molar-refractivity contribution is -0.141. The zero-order chi connectivity index (χ0) is 29.2. The zero-order valence-electron chi connectivity index (χ0n) is 23.4. The molecule has 0 N–H and O–H groups in total. The third-order valence-corrected chi connectivity index (χ3v) is 7.72. The Morgan fingerprint density at radius 3 is 2.34 bits per heavy atom. The lowest BCUT2D eigenvalue weighted by Crippen LogP contribution is -2.42. The van der Waals surface area contributed by atoms with E-state index >= 15 is 0 Å².